The topological polar surface area (TPSA) is 49.8 Å². The number of nitrogens with zero attached hydrogens (tertiary/aromatic N) is 1. The van der Waals surface area contributed by atoms with Gasteiger partial charge in [0.15, 0.2) is 0 Å². The highest BCUT2D eigenvalue weighted by molar-refractivity contribution is 5.56. The lowest BCUT2D eigenvalue weighted by molar-refractivity contribution is 0.0443. The maximum absolute atomic E-state index is 9.91. The average molecular weight is 145 g/mol. The number of likely N-dealkylation sites (tertiary alicyclic amines) is 1. The van der Waals surface area contributed by atoms with Gasteiger partial charge in [-0.1, -0.05) is 0 Å². The third kappa shape index (κ3) is 2.23. The summed E-state index contributed by atoms with van der Waals surface area (Å²) in [6.07, 6.45) is 1.12. The molecule has 1 heterocycles. The summed E-state index contributed by atoms with van der Waals surface area (Å²) in [4.78, 5) is 11.9. The van der Waals surface area contributed by atoms with Crippen molar-refractivity contribution in [3.8, 4) is 0 Å². The van der Waals surface area contributed by atoms with Gasteiger partial charge < -0.3 is 9.84 Å². The Hall–Kier alpha value is -0.770. The van der Waals surface area contributed by atoms with Crippen LogP contribution in [0.3, 0.4) is 0 Å². The van der Waals surface area contributed by atoms with Crippen molar-refractivity contribution in [2.45, 2.75) is 12.8 Å². The van der Waals surface area contributed by atoms with E-state index in [2.05, 4.69) is 4.74 Å². The van der Waals surface area contributed by atoms with Gasteiger partial charge in [-0.3, -0.25) is 4.90 Å². The number of hydrogen-bond acceptors (Lipinski definition) is 3. The molecule has 1 rings (SSSR count). The Morgan fingerprint density at radius 1 is 1.50 bits per heavy atom. The van der Waals surface area contributed by atoms with Gasteiger partial charge in [0, 0.05) is 13.1 Å². The lowest BCUT2D eigenvalue weighted by Crippen LogP contribution is -2.24. The fourth-order valence-corrected chi connectivity index (χ4v) is 1.06. The largest absolute Gasteiger partial charge is 0.507 e. The van der Waals surface area contributed by atoms with Gasteiger partial charge in [-0.2, -0.15) is 0 Å². The minimum Gasteiger partial charge on any atom is -0.450 e. The van der Waals surface area contributed by atoms with E-state index in [0.717, 1.165) is 25.9 Å². The number of rotatable bonds is 2. The van der Waals surface area contributed by atoms with E-state index in [1.165, 1.54) is 0 Å². The lowest BCUT2D eigenvalue weighted by Gasteiger charge is -2.11. The third-order valence-electron chi connectivity index (χ3n) is 1.57. The molecule has 1 aliphatic heterocycles. The zero-order chi connectivity index (χ0) is 7.40. The Kier molecular flexibility index (Phi) is 2.50. The second-order valence-electron chi connectivity index (χ2n) is 2.36. The molecule has 0 unspecified atom stereocenters. The van der Waals surface area contributed by atoms with E-state index < -0.39 is 6.16 Å². The van der Waals surface area contributed by atoms with Crippen LogP contribution in [0.25, 0.3) is 0 Å². The smallest absolute Gasteiger partial charge is 0.450 e. The minimum atomic E-state index is -1.19. The first-order valence-corrected chi connectivity index (χ1v) is 3.37. The Balaban J connectivity index is 2.07. The Bertz CT molecular complexity index is 120. The molecule has 1 N–H and O–H groups in total. The molecule has 0 saturated carbocycles. The van der Waals surface area contributed by atoms with E-state index in [-0.39, 0.29) is 6.73 Å². The predicted molar refractivity (Wildman–Crippen MR) is 34.8 cm³/mol. The SMILES string of the molecule is O=C(O)OCN1CCCC1. The summed E-state index contributed by atoms with van der Waals surface area (Å²) in [7, 11) is 0. The highest BCUT2D eigenvalue weighted by atomic mass is 16.7. The molecule has 0 amide bonds. The molecule has 1 aliphatic rings. The molecule has 0 aromatic rings. The molecule has 0 aromatic heterocycles. The van der Waals surface area contributed by atoms with Crippen molar-refractivity contribution < 1.29 is 14.6 Å². The van der Waals surface area contributed by atoms with Crippen LogP contribution in [0.5, 0.6) is 0 Å². The van der Waals surface area contributed by atoms with Crippen LogP contribution in [-0.4, -0.2) is 36.0 Å². The van der Waals surface area contributed by atoms with Crippen LogP contribution in [0.1, 0.15) is 12.8 Å². The maximum atomic E-state index is 9.91. The molecule has 0 spiro atoms. The normalized spacial score (nSPS) is 19.2. The van der Waals surface area contributed by atoms with Gasteiger partial charge in [0.2, 0.25) is 0 Å². The molecule has 0 atom stereocenters. The molecule has 0 bridgehead atoms. The summed E-state index contributed by atoms with van der Waals surface area (Å²) in [5, 5.41) is 8.12. The predicted octanol–water partition coefficient (Wildman–Crippen LogP) is 0.734. The highest BCUT2D eigenvalue weighted by Crippen LogP contribution is 2.06. The van der Waals surface area contributed by atoms with E-state index in [1.807, 2.05) is 4.90 Å². The van der Waals surface area contributed by atoms with Crippen LogP contribution in [0.2, 0.25) is 0 Å². The summed E-state index contributed by atoms with van der Waals surface area (Å²) in [5.74, 6) is 0. The summed E-state index contributed by atoms with van der Waals surface area (Å²) in [6.45, 7) is 2.16. The fraction of sp³-hybridized carbons (Fsp3) is 0.833. The van der Waals surface area contributed by atoms with Crippen LogP contribution >= 0.6 is 0 Å². The molecule has 0 aromatic carbocycles. The first-order chi connectivity index (χ1) is 4.79. The molecule has 4 nitrogen and oxygen atoms in total. The highest BCUT2D eigenvalue weighted by Gasteiger charge is 2.12. The Morgan fingerprint density at radius 2 is 2.10 bits per heavy atom. The molecule has 4 heteroatoms. The first kappa shape index (κ1) is 7.34. The number of ether oxygens (including phenoxy) is 1. The van der Waals surface area contributed by atoms with Gasteiger partial charge in [-0.05, 0) is 12.8 Å². The molecule has 0 aliphatic carbocycles. The molecule has 10 heavy (non-hydrogen) atoms. The number of carbonyl (C=O) groups is 1. The van der Waals surface area contributed by atoms with Gasteiger partial charge in [-0.15, -0.1) is 0 Å². The molecule has 1 fully saturated rings. The monoisotopic (exact) mass is 145 g/mol. The maximum Gasteiger partial charge on any atom is 0.507 e. The molecular weight excluding hydrogens is 134 g/mol. The second kappa shape index (κ2) is 3.41. The van der Waals surface area contributed by atoms with Crippen LogP contribution in [0, 0.1) is 0 Å². The zero-order valence-corrected chi connectivity index (χ0v) is 5.75. The van der Waals surface area contributed by atoms with E-state index in [0.29, 0.717) is 0 Å². The fourth-order valence-electron chi connectivity index (χ4n) is 1.06. The number of hydrogen-bond donors (Lipinski definition) is 1. The van der Waals surface area contributed by atoms with Crippen molar-refractivity contribution in [2.24, 2.45) is 0 Å². The molecular formula is C6H11NO3. The third-order valence-corrected chi connectivity index (χ3v) is 1.57. The van der Waals surface area contributed by atoms with E-state index >= 15 is 0 Å². The van der Waals surface area contributed by atoms with E-state index in [9.17, 15) is 4.79 Å². The molecule has 1 saturated heterocycles. The van der Waals surface area contributed by atoms with Crippen LogP contribution in [0.4, 0.5) is 4.79 Å². The summed E-state index contributed by atoms with van der Waals surface area (Å²) in [6, 6.07) is 0. The van der Waals surface area contributed by atoms with Gasteiger partial charge >= 0.3 is 6.16 Å². The molecule has 58 valence electrons. The van der Waals surface area contributed by atoms with Crippen LogP contribution in [0.15, 0.2) is 0 Å². The van der Waals surface area contributed by atoms with Crippen LogP contribution < -0.4 is 0 Å². The van der Waals surface area contributed by atoms with Gasteiger partial charge in [0.05, 0.1) is 0 Å². The van der Waals surface area contributed by atoms with Crippen LogP contribution in [-0.2, 0) is 4.74 Å². The minimum absolute atomic E-state index is 0.231. The van der Waals surface area contributed by atoms with Gasteiger partial charge in [-0.25, -0.2) is 4.79 Å². The Labute approximate surface area is 59.4 Å². The van der Waals surface area contributed by atoms with E-state index in [1.54, 1.807) is 0 Å². The van der Waals surface area contributed by atoms with Crippen molar-refractivity contribution >= 4 is 6.16 Å². The summed E-state index contributed by atoms with van der Waals surface area (Å²) in [5.41, 5.74) is 0. The van der Waals surface area contributed by atoms with Gasteiger partial charge in [0.1, 0.15) is 6.73 Å². The van der Waals surface area contributed by atoms with E-state index in [4.69, 9.17) is 5.11 Å². The quantitative estimate of drug-likeness (QED) is 0.582. The summed E-state index contributed by atoms with van der Waals surface area (Å²) < 4.78 is 4.37. The zero-order valence-electron chi connectivity index (χ0n) is 5.75. The Morgan fingerprint density at radius 3 is 2.60 bits per heavy atom. The number of carboxylic acid groups (broad SMARTS) is 1. The average Bonchev–Trinajstić information content (AvgIpc) is 2.34. The summed E-state index contributed by atoms with van der Waals surface area (Å²) >= 11 is 0. The standard InChI is InChI=1S/C6H11NO3/c8-6(9)10-5-7-3-1-2-4-7/h1-5H2,(H,8,9). The van der Waals surface area contributed by atoms with Crippen molar-refractivity contribution in [1.29, 1.82) is 0 Å². The second-order valence-corrected chi connectivity index (χ2v) is 2.36. The molecule has 0 radical (unpaired) electrons. The van der Waals surface area contributed by atoms with Crippen molar-refractivity contribution in [3.63, 3.8) is 0 Å². The van der Waals surface area contributed by atoms with Crippen molar-refractivity contribution in [2.75, 3.05) is 19.8 Å². The first-order valence-electron chi connectivity index (χ1n) is 3.37. The lowest BCUT2D eigenvalue weighted by atomic mass is 10.4. The van der Waals surface area contributed by atoms with Crippen molar-refractivity contribution in [3.05, 3.63) is 0 Å². The van der Waals surface area contributed by atoms with Crippen molar-refractivity contribution in [1.82, 2.24) is 4.90 Å². The van der Waals surface area contributed by atoms with Gasteiger partial charge in [0.25, 0.3) is 0 Å².